The van der Waals surface area contributed by atoms with Gasteiger partial charge >= 0.3 is 5.97 Å². The van der Waals surface area contributed by atoms with E-state index in [1.807, 2.05) is 0 Å². The van der Waals surface area contributed by atoms with Gasteiger partial charge in [-0.15, -0.1) is 5.10 Å². The lowest BCUT2D eigenvalue weighted by atomic mass is 10.1. The third-order valence-corrected chi connectivity index (χ3v) is 1.81. The highest BCUT2D eigenvalue weighted by Crippen LogP contribution is 2.09. The van der Waals surface area contributed by atoms with Crippen LogP contribution in [-0.4, -0.2) is 27.6 Å². The molecule has 1 heterocycles. The lowest BCUT2D eigenvalue weighted by Crippen LogP contribution is -2.25. The van der Waals surface area contributed by atoms with Crippen molar-refractivity contribution in [2.24, 2.45) is 0 Å². The van der Waals surface area contributed by atoms with E-state index in [0.717, 1.165) is 5.69 Å². The highest BCUT2D eigenvalue weighted by Gasteiger charge is 2.20. The van der Waals surface area contributed by atoms with Gasteiger partial charge in [-0.1, -0.05) is 0 Å². The smallest absolute Gasteiger partial charge is 0.314 e. The summed E-state index contributed by atoms with van der Waals surface area (Å²) in [5.74, 6) is -0.934. The topological polar surface area (TPSA) is 69.2 Å². The maximum Gasteiger partial charge on any atom is 0.314 e. The number of ether oxygens (including phenoxy) is 1. The molecule has 0 N–H and O–H groups in total. The van der Waals surface area contributed by atoms with Crippen molar-refractivity contribution < 1.29 is 14.3 Å². The van der Waals surface area contributed by atoms with Gasteiger partial charge in [0.05, 0.1) is 5.69 Å². The van der Waals surface area contributed by atoms with Crippen LogP contribution in [0.25, 0.3) is 0 Å². The number of rotatable bonds is 3. The molecule has 0 aliphatic heterocycles. The summed E-state index contributed by atoms with van der Waals surface area (Å²) in [7, 11) is 0. The Morgan fingerprint density at radius 1 is 1.24 bits per heavy atom. The second kappa shape index (κ2) is 5.03. The number of carbonyl (C=O) groups excluding carboxylic acids is 2. The van der Waals surface area contributed by atoms with Crippen LogP contribution < -0.4 is 0 Å². The van der Waals surface area contributed by atoms with Crippen LogP contribution in [0.2, 0.25) is 0 Å². The van der Waals surface area contributed by atoms with Crippen LogP contribution in [0, 0.1) is 6.92 Å². The Kier molecular flexibility index (Phi) is 3.93. The van der Waals surface area contributed by atoms with Crippen molar-refractivity contribution in [1.82, 2.24) is 10.2 Å². The van der Waals surface area contributed by atoms with Crippen LogP contribution in [0.1, 0.15) is 43.4 Å². The van der Waals surface area contributed by atoms with E-state index in [9.17, 15) is 9.59 Å². The molecule has 0 amide bonds. The van der Waals surface area contributed by atoms with Crippen molar-refractivity contribution in [3.05, 3.63) is 23.5 Å². The van der Waals surface area contributed by atoms with Crippen molar-refractivity contribution in [3.8, 4) is 0 Å². The highest BCUT2D eigenvalue weighted by atomic mass is 16.6. The number of aryl methyl sites for hydroxylation is 1. The molecule has 92 valence electrons. The largest absolute Gasteiger partial charge is 0.460 e. The molecule has 0 bridgehead atoms. The van der Waals surface area contributed by atoms with Gasteiger partial charge in [0.15, 0.2) is 5.78 Å². The Hall–Kier alpha value is -1.78. The van der Waals surface area contributed by atoms with Crippen molar-refractivity contribution in [2.75, 3.05) is 0 Å². The summed E-state index contributed by atoms with van der Waals surface area (Å²) in [6.45, 7) is 7.03. The van der Waals surface area contributed by atoms with Crippen molar-refractivity contribution >= 4 is 11.8 Å². The molecule has 1 rings (SSSR count). The first-order valence-electron chi connectivity index (χ1n) is 5.33. The fraction of sp³-hybridized carbons (Fsp3) is 0.500. The van der Waals surface area contributed by atoms with Crippen molar-refractivity contribution in [1.29, 1.82) is 0 Å². The van der Waals surface area contributed by atoms with Gasteiger partial charge in [0.2, 0.25) is 0 Å². The highest BCUT2D eigenvalue weighted by molar-refractivity contribution is 6.04. The van der Waals surface area contributed by atoms with E-state index in [4.69, 9.17) is 4.74 Å². The van der Waals surface area contributed by atoms with E-state index >= 15 is 0 Å². The molecule has 0 aliphatic rings. The van der Waals surface area contributed by atoms with E-state index in [0.29, 0.717) is 0 Å². The predicted molar refractivity (Wildman–Crippen MR) is 61.6 cm³/mol. The van der Waals surface area contributed by atoms with Crippen LogP contribution in [0.4, 0.5) is 0 Å². The molecule has 0 saturated carbocycles. The molecule has 17 heavy (non-hydrogen) atoms. The standard InChI is InChI=1S/C12H16N2O3/c1-8-5-6-9(14-13-8)10(15)7-11(16)17-12(2,3)4/h5-6H,7H2,1-4H3. The summed E-state index contributed by atoms with van der Waals surface area (Å²) in [5, 5.41) is 7.48. The molecule has 1 aromatic heterocycles. The predicted octanol–water partition coefficient (Wildman–Crippen LogP) is 1.70. The van der Waals surface area contributed by atoms with Crippen molar-refractivity contribution in [2.45, 2.75) is 39.7 Å². The minimum Gasteiger partial charge on any atom is -0.460 e. The van der Waals surface area contributed by atoms with Crippen LogP contribution in [0.15, 0.2) is 12.1 Å². The summed E-state index contributed by atoms with van der Waals surface area (Å²) in [6.07, 6.45) is -0.311. The summed E-state index contributed by atoms with van der Waals surface area (Å²) < 4.78 is 5.05. The number of nitrogens with zero attached hydrogens (tertiary/aromatic N) is 2. The molecule has 0 unspecified atom stereocenters. The monoisotopic (exact) mass is 236 g/mol. The van der Waals surface area contributed by atoms with Crippen LogP contribution in [0.3, 0.4) is 0 Å². The Labute approximate surface area is 100 Å². The molecule has 1 aromatic rings. The molecule has 5 heteroatoms. The molecule has 0 aliphatic carbocycles. The molecule has 0 spiro atoms. The Morgan fingerprint density at radius 3 is 2.35 bits per heavy atom. The van der Waals surface area contributed by atoms with E-state index in [2.05, 4.69) is 10.2 Å². The molecule has 0 fully saturated rings. The normalized spacial score (nSPS) is 11.1. The van der Waals surface area contributed by atoms with Gasteiger partial charge in [-0.05, 0) is 39.8 Å². The molecular formula is C12H16N2O3. The molecule has 0 atom stereocenters. The minimum absolute atomic E-state index is 0.182. The maximum absolute atomic E-state index is 11.6. The Morgan fingerprint density at radius 2 is 1.88 bits per heavy atom. The van der Waals surface area contributed by atoms with Gasteiger partial charge in [-0.2, -0.15) is 5.10 Å². The molecule has 0 aromatic carbocycles. The van der Waals surface area contributed by atoms with Crippen LogP contribution in [-0.2, 0) is 9.53 Å². The lowest BCUT2D eigenvalue weighted by Gasteiger charge is -2.18. The van der Waals surface area contributed by atoms with Gasteiger partial charge in [0.25, 0.3) is 0 Å². The number of ketones is 1. The zero-order valence-electron chi connectivity index (χ0n) is 10.5. The Balaban J connectivity index is 2.61. The Bertz CT molecular complexity index is 418. The van der Waals surface area contributed by atoms with Crippen LogP contribution >= 0.6 is 0 Å². The first kappa shape index (κ1) is 13.3. The SMILES string of the molecule is Cc1ccc(C(=O)CC(=O)OC(C)(C)C)nn1. The zero-order chi connectivity index (χ0) is 13.1. The van der Waals surface area contributed by atoms with Crippen LogP contribution in [0.5, 0.6) is 0 Å². The average Bonchev–Trinajstić information content (AvgIpc) is 2.15. The second-order valence-electron chi connectivity index (χ2n) is 4.75. The first-order chi connectivity index (χ1) is 7.78. The number of hydrogen-bond donors (Lipinski definition) is 0. The number of esters is 1. The fourth-order valence-corrected chi connectivity index (χ4v) is 1.15. The fourth-order valence-electron chi connectivity index (χ4n) is 1.15. The third kappa shape index (κ3) is 4.72. The van der Waals surface area contributed by atoms with E-state index in [-0.39, 0.29) is 17.9 Å². The van der Waals surface area contributed by atoms with Gasteiger partial charge in [0, 0.05) is 0 Å². The van der Waals surface area contributed by atoms with Gasteiger partial charge in [-0.25, -0.2) is 0 Å². The maximum atomic E-state index is 11.6. The summed E-state index contributed by atoms with van der Waals surface area (Å²) in [5.41, 5.74) is 0.316. The number of hydrogen-bond acceptors (Lipinski definition) is 5. The minimum atomic E-state index is -0.587. The van der Waals surface area contributed by atoms with Crippen molar-refractivity contribution in [3.63, 3.8) is 0 Å². The number of aromatic nitrogens is 2. The number of Topliss-reactive ketones (excluding diaryl/α,β-unsaturated/α-hetero) is 1. The molecular weight excluding hydrogens is 220 g/mol. The van der Waals surface area contributed by atoms with Gasteiger partial charge < -0.3 is 4.74 Å². The van der Waals surface area contributed by atoms with Gasteiger partial charge in [-0.3, -0.25) is 9.59 Å². The third-order valence-electron chi connectivity index (χ3n) is 1.81. The molecule has 5 nitrogen and oxygen atoms in total. The van der Waals surface area contributed by atoms with E-state index in [1.54, 1.807) is 39.8 Å². The summed E-state index contributed by atoms with van der Waals surface area (Å²) in [6, 6.07) is 3.23. The quantitative estimate of drug-likeness (QED) is 0.454. The second-order valence-corrected chi connectivity index (χ2v) is 4.75. The van der Waals surface area contributed by atoms with E-state index < -0.39 is 11.6 Å². The number of carbonyl (C=O) groups is 2. The molecule has 0 radical (unpaired) electrons. The lowest BCUT2D eigenvalue weighted by molar-refractivity contribution is -0.153. The molecule has 0 saturated heterocycles. The average molecular weight is 236 g/mol. The first-order valence-corrected chi connectivity index (χ1v) is 5.33. The van der Waals surface area contributed by atoms with E-state index in [1.165, 1.54) is 0 Å². The zero-order valence-corrected chi connectivity index (χ0v) is 10.5. The summed E-state index contributed by atoms with van der Waals surface area (Å²) in [4.78, 5) is 23.1. The van der Waals surface area contributed by atoms with Gasteiger partial charge in [0.1, 0.15) is 17.7 Å². The summed E-state index contributed by atoms with van der Waals surface area (Å²) >= 11 is 0.